The molecule has 6 heteroatoms. The van der Waals surface area contributed by atoms with Gasteiger partial charge < -0.3 is 0 Å². The molecule has 0 unspecified atom stereocenters. The molecule has 0 amide bonds. The van der Waals surface area contributed by atoms with Crippen LogP contribution in [0.3, 0.4) is 0 Å². The van der Waals surface area contributed by atoms with Crippen LogP contribution in [-0.2, 0) is 10.0 Å². The zero-order valence-electron chi connectivity index (χ0n) is 10.8. The molecule has 0 aliphatic heterocycles. The van der Waals surface area contributed by atoms with Crippen molar-refractivity contribution < 1.29 is 12.8 Å². The molecular formula is C14H13BrFNO2S. The van der Waals surface area contributed by atoms with E-state index in [9.17, 15) is 12.8 Å². The quantitative estimate of drug-likeness (QED) is 0.834. The first-order valence-electron chi connectivity index (χ1n) is 5.99. The highest BCUT2D eigenvalue weighted by Gasteiger charge is 2.24. The minimum atomic E-state index is -3.71. The van der Waals surface area contributed by atoms with Gasteiger partial charge in [0.1, 0.15) is 5.82 Å². The van der Waals surface area contributed by atoms with Gasteiger partial charge in [0.2, 0.25) is 0 Å². The van der Waals surface area contributed by atoms with Crippen LogP contribution in [-0.4, -0.2) is 15.0 Å². The Morgan fingerprint density at radius 2 is 1.70 bits per heavy atom. The highest BCUT2D eigenvalue weighted by atomic mass is 79.9. The van der Waals surface area contributed by atoms with Crippen molar-refractivity contribution in [2.45, 2.75) is 11.8 Å². The van der Waals surface area contributed by atoms with Gasteiger partial charge in [0, 0.05) is 11.0 Å². The largest absolute Gasteiger partial charge is 0.265 e. The van der Waals surface area contributed by atoms with Crippen LogP contribution in [0.25, 0.3) is 0 Å². The fraction of sp³-hybridized carbons (Fsp3) is 0.143. The lowest BCUT2D eigenvalue weighted by Crippen LogP contribution is -2.31. The van der Waals surface area contributed by atoms with Crippen molar-refractivity contribution in [1.29, 1.82) is 0 Å². The number of hydrogen-bond acceptors (Lipinski definition) is 2. The van der Waals surface area contributed by atoms with Crippen molar-refractivity contribution in [2.24, 2.45) is 0 Å². The molecule has 0 heterocycles. The van der Waals surface area contributed by atoms with E-state index in [1.165, 1.54) is 16.4 Å². The lowest BCUT2D eigenvalue weighted by molar-refractivity contribution is 0.590. The van der Waals surface area contributed by atoms with Crippen LogP contribution in [0.4, 0.5) is 10.1 Å². The van der Waals surface area contributed by atoms with Gasteiger partial charge in [0.15, 0.2) is 0 Å². The Kier molecular flexibility index (Phi) is 4.45. The predicted molar refractivity (Wildman–Crippen MR) is 80.7 cm³/mol. The molecule has 2 aromatic rings. The minimum Gasteiger partial charge on any atom is -0.265 e. The Labute approximate surface area is 126 Å². The smallest absolute Gasteiger partial charge is 0.264 e. The Hall–Kier alpha value is -1.40. The minimum absolute atomic E-state index is 0.0662. The Morgan fingerprint density at radius 1 is 1.10 bits per heavy atom. The lowest BCUT2D eigenvalue weighted by atomic mass is 10.3. The van der Waals surface area contributed by atoms with E-state index in [0.717, 1.165) is 12.1 Å². The Balaban J connectivity index is 2.51. The van der Waals surface area contributed by atoms with Gasteiger partial charge in [-0.25, -0.2) is 12.8 Å². The molecule has 0 saturated heterocycles. The van der Waals surface area contributed by atoms with Crippen LogP contribution in [0.1, 0.15) is 6.92 Å². The zero-order chi connectivity index (χ0) is 14.8. The molecule has 2 aromatic carbocycles. The summed E-state index contributed by atoms with van der Waals surface area (Å²) < 4.78 is 40.1. The molecule has 0 atom stereocenters. The standard InChI is InChI=1S/C14H13BrFNO2S/c1-2-17(14-6-4-3-5-13(14)15)20(18,19)12-9-7-11(16)8-10-12/h3-10H,2H2,1H3. The van der Waals surface area contributed by atoms with E-state index in [-0.39, 0.29) is 11.4 Å². The molecule has 0 spiro atoms. The number of rotatable bonds is 4. The summed E-state index contributed by atoms with van der Waals surface area (Å²) >= 11 is 3.35. The monoisotopic (exact) mass is 357 g/mol. The van der Waals surface area contributed by atoms with E-state index in [4.69, 9.17) is 0 Å². The maximum absolute atomic E-state index is 12.9. The molecular weight excluding hydrogens is 345 g/mol. The molecule has 0 bridgehead atoms. The van der Waals surface area contributed by atoms with E-state index in [0.29, 0.717) is 10.2 Å². The molecule has 0 aromatic heterocycles. The van der Waals surface area contributed by atoms with E-state index in [1.54, 1.807) is 25.1 Å². The maximum Gasteiger partial charge on any atom is 0.264 e. The van der Waals surface area contributed by atoms with E-state index >= 15 is 0 Å². The second kappa shape index (κ2) is 5.93. The molecule has 2 rings (SSSR count). The van der Waals surface area contributed by atoms with Gasteiger partial charge >= 0.3 is 0 Å². The third-order valence-electron chi connectivity index (χ3n) is 2.81. The average Bonchev–Trinajstić information content (AvgIpc) is 2.42. The van der Waals surface area contributed by atoms with Gasteiger partial charge in [-0.05, 0) is 59.3 Å². The van der Waals surface area contributed by atoms with E-state index < -0.39 is 15.8 Å². The van der Waals surface area contributed by atoms with Crippen molar-refractivity contribution >= 4 is 31.6 Å². The highest BCUT2D eigenvalue weighted by Crippen LogP contribution is 2.30. The molecule has 0 radical (unpaired) electrons. The van der Waals surface area contributed by atoms with Crippen LogP contribution >= 0.6 is 15.9 Å². The highest BCUT2D eigenvalue weighted by molar-refractivity contribution is 9.10. The first-order valence-corrected chi connectivity index (χ1v) is 8.23. The third kappa shape index (κ3) is 2.86. The van der Waals surface area contributed by atoms with Gasteiger partial charge in [-0.1, -0.05) is 12.1 Å². The van der Waals surface area contributed by atoms with Crippen molar-refractivity contribution in [2.75, 3.05) is 10.8 Å². The van der Waals surface area contributed by atoms with Crippen molar-refractivity contribution in [1.82, 2.24) is 0 Å². The fourth-order valence-electron chi connectivity index (χ4n) is 1.86. The summed E-state index contributed by atoms with van der Waals surface area (Å²) in [6, 6.07) is 11.9. The van der Waals surface area contributed by atoms with Gasteiger partial charge in [-0.2, -0.15) is 0 Å². The van der Waals surface area contributed by atoms with E-state index in [2.05, 4.69) is 15.9 Å². The van der Waals surface area contributed by atoms with Crippen molar-refractivity contribution in [3.63, 3.8) is 0 Å². The summed E-state index contributed by atoms with van der Waals surface area (Å²) in [6.45, 7) is 2.03. The summed E-state index contributed by atoms with van der Waals surface area (Å²) in [7, 11) is -3.71. The number of sulfonamides is 1. The van der Waals surface area contributed by atoms with Gasteiger partial charge in [-0.3, -0.25) is 4.31 Å². The molecule has 0 aliphatic rings. The SMILES string of the molecule is CCN(c1ccccc1Br)S(=O)(=O)c1ccc(F)cc1. The zero-order valence-corrected chi connectivity index (χ0v) is 13.2. The molecule has 0 fully saturated rings. The fourth-order valence-corrected chi connectivity index (χ4v) is 3.97. The lowest BCUT2D eigenvalue weighted by Gasteiger charge is -2.24. The van der Waals surface area contributed by atoms with Crippen LogP contribution in [0, 0.1) is 5.82 Å². The summed E-state index contributed by atoms with van der Waals surface area (Å²) in [6.07, 6.45) is 0. The number of halogens is 2. The topological polar surface area (TPSA) is 37.4 Å². The van der Waals surface area contributed by atoms with Crippen molar-refractivity contribution in [3.05, 3.63) is 58.8 Å². The van der Waals surface area contributed by atoms with Crippen LogP contribution in [0.15, 0.2) is 57.9 Å². The molecule has 0 saturated carbocycles. The van der Waals surface area contributed by atoms with Crippen LogP contribution in [0.2, 0.25) is 0 Å². The van der Waals surface area contributed by atoms with Gasteiger partial charge in [0.25, 0.3) is 10.0 Å². The molecule has 0 aliphatic carbocycles. The predicted octanol–water partition coefficient (Wildman–Crippen LogP) is 3.80. The summed E-state index contributed by atoms with van der Waals surface area (Å²) in [5, 5.41) is 0. The Morgan fingerprint density at radius 3 is 2.25 bits per heavy atom. The second-order valence-corrected chi connectivity index (χ2v) is 6.79. The second-order valence-electron chi connectivity index (χ2n) is 4.08. The molecule has 106 valence electrons. The number of anilines is 1. The van der Waals surface area contributed by atoms with Gasteiger partial charge in [-0.15, -0.1) is 0 Å². The average molecular weight is 358 g/mol. The maximum atomic E-state index is 12.9. The first-order chi connectivity index (χ1) is 9.46. The molecule has 3 nitrogen and oxygen atoms in total. The normalized spacial score (nSPS) is 11.3. The third-order valence-corrected chi connectivity index (χ3v) is 5.38. The summed E-state index contributed by atoms with van der Waals surface area (Å²) in [4.78, 5) is 0.0662. The summed E-state index contributed by atoms with van der Waals surface area (Å²) in [5.74, 6) is -0.465. The van der Waals surface area contributed by atoms with Crippen LogP contribution < -0.4 is 4.31 Å². The Bertz CT molecular complexity index is 701. The van der Waals surface area contributed by atoms with Crippen LogP contribution in [0.5, 0.6) is 0 Å². The number of para-hydroxylation sites is 1. The summed E-state index contributed by atoms with van der Waals surface area (Å²) in [5.41, 5.74) is 0.555. The number of hydrogen-bond donors (Lipinski definition) is 0. The van der Waals surface area contributed by atoms with Gasteiger partial charge in [0.05, 0.1) is 10.6 Å². The first kappa shape index (κ1) is 15.0. The van der Waals surface area contributed by atoms with Crippen molar-refractivity contribution in [3.8, 4) is 0 Å². The number of benzene rings is 2. The molecule has 0 N–H and O–H groups in total. The molecule has 20 heavy (non-hydrogen) atoms. The van der Waals surface area contributed by atoms with E-state index in [1.807, 2.05) is 6.07 Å². The number of nitrogens with zero attached hydrogens (tertiary/aromatic N) is 1.